The van der Waals surface area contributed by atoms with Gasteiger partial charge in [0.05, 0.1) is 6.54 Å². The Morgan fingerprint density at radius 2 is 1.76 bits per heavy atom. The molecule has 0 aliphatic heterocycles. The van der Waals surface area contributed by atoms with Crippen LogP contribution in [-0.2, 0) is 6.54 Å². The molecule has 0 atom stereocenters. The summed E-state index contributed by atoms with van der Waals surface area (Å²) >= 11 is 0. The van der Waals surface area contributed by atoms with Crippen molar-refractivity contribution < 1.29 is 9.21 Å². The third-order valence-corrected chi connectivity index (χ3v) is 3.69. The van der Waals surface area contributed by atoms with E-state index in [1.54, 1.807) is 6.07 Å². The summed E-state index contributed by atoms with van der Waals surface area (Å²) in [5.74, 6) is 5.74. The molecule has 1 aromatic rings. The first-order valence-corrected chi connectivity index (χ1v) is 7.68. The van der Waals surface area contributed by atoms with Crippen LogP contribution in [0.25, 0.3) is 0 Å². The highest BCUT2D eigenvalue weighted by Crippen LogP contribution is 2.11. The van der Waals surface area contributed by atoms with Gasteiger partial charge in [-0.05, 0) is 51.3 Å². The first-order chi connectivity index (χ1) is 10.1. The number of hydrazine groups is 1. The number of carbonyl (C=O) groups is 1. The number of nitrogens with two attached hydrogens (primary N) is 1. The number of furan rings is 1. The van der Waals surface area contributed by atoms with Gasteiger partial charge in [0.1, 0.15) is 5.76 Å². The van der Waals surface area contributed by atoms with Crippen LogP contribution >= 0.6 is 0 Å². The monoisotopic (exact) mass is 296 g/mol. The fourth-order valence-corrected chi connectivity index (χ4v) is 2.28. The predicted molar refractivity (Wildman–Crippen MR) is 83.7 cm³/mol. The number of nitrogens with one attached hydrogen (secondary N) is 1. The molecule has 0 aliphatic rings. The lowest BCUT2D eigenvalue weighted by Crippen LogP contribution is -2.30. The van der Waals surface area contributed by atoms with E-state index in [0.29, 0.717) is 6.54 Å². The Morgan fingerprint density at radius 1 is 1.14 bits per heavy atom. The summed E-state index contributed by atoms with van der Waals surface area (Å²) in [5, 5.41) is 0. The van der Waals surface area contributed by atoms with Crippen LogP contribution in [0.3, 0.4) is 0 Å². The molecule has 0 saturated carbocycles. The van der Waals surface area contributed by atoms with E-state index < -0.39 is 5.91 Å². The van der Waals surface area contributed by atoms with E-state index in [9.17, 15) is 4.79 Å². The predicted octanol–water partition coefficient (Wildman–Crippen LogP) is 1.44. The molecule has 0 aliphatic carbocycles. The SMILES string of the molecule is CCN(CC)CCCN(CC)Cc1ccc(C(=O)NN)o1. The first-order valence-electron chi connectivity index (χ1n) is 7.68. The fraction of sp³-hybridized carbons (Fsp3) is 0.667. The van der Waals surface area contributed by atoms with Crippen molar-refractivity contribution >= 4 is 5.91 Å². The molecule has 0 saturated heterocycles. The van der Waals surface area contributed by atoms with E-state index in [-0.39, 0.29) is 5.76 Å². The van der Waals surface area contributed by atoms with E-state index in [1.165, 1.54) is 0 Å². The lowest BCUT2D eigenvalue weighted by molar-refractivity contribution is 0.0922. The van der Waals surface area contributed by atoms with Gasteiger partial charge in [0, 0.05) is 0 Å². The van der Waals surface area contributed by atoms with Crippen LogP contribution < -0.4 is 11.3 Å². The van der Waals surface area contributed by atoms with E-state index in [0.717, 1.165) is 44.9 Å². The molecule has 1 rings (SSSR count). The van der Waals surface area contributed by atoms with Crippen molar-refractivity contribution in [2.24, 2.45) is 5.84 Å². The third kappa shape index (κ3) is 5.87. The second-order valence-corrected chi connectivity index (χ2v) is 4.99. The smallest absolute Gasteiger partial charge is 0.300 e. The lowest BCUT2D eigenvalue weighted by Gasteiger charge is -2.22. The number of carbonyl (C=O) groups excluding carboxylic acids is 1. The van der Waals surface area contributed by atoms with Crippen molar-refractivity contribution in [3.05, 3.63) is 23.7 Å². The van der Waals surface area contributed by atoms with Crippen LogP contribution in [0.2, 0.25) is 0 Å². The summed E-state index contributed by atoms with van der Waals surface area (Å²) in [5.41, 5.74) is 2.07. The topological polar surface area (TPSA) is 74.7 Å². The summed E-state index contributed by atoms with van der Waals surface area (Å²) in [6.45, 7) is 12.5. The zero-order chi connectivity index (χ0) is 15.7. The molecule has 120 valence electrons. The minimum atomic E-state index is -0.397. The van der Waals surface area contributed by atoms with Crippen LogP contribution in [0.1, 0.15) is 43.5 Å². The average Bonchev–Trinajstić information content (AvgIpc) is 2.98. The Morgan fingerprint density at radius 3 is 2.33 bits per heavy atom. The van der Waals surface area contributed by atoms with Crippen LogP contribution in [0, 0.1) is 0 Å². The highest BCUT2D eigenvalue weighted by atomic mass is 16.4. The Kier molecular flexibility index (Phi) is 8.04. The highest BCUT2D eigenvalue weighted by Gasteiger charge is 2.12. The van der Waals surface area contributed by atoms with E-state index in [2.05, 4.69) is 36.0 Å². The zero-order valence-corrected chi connectivity index (χ0v) is 13.4. The molecule has 0 spiro atoms. The molecule has 6 nitrogen and oxygen atoms in total. The van der Waals surface area contributed by atoms with Gasteiger partial charge in [0.15, 0.2) is 5.76 Å². The maximum atomic E-state index is 11.3. The summed E-state index contributed by atoms with van der Waals surface area (Å²) in [4.78, 5) is 16.1. The van der Waals surface area contributed by atoms with Crippen LogP contribution in [0.15, 0.2) is 16.5 Å². The molecule has 0 radical (unpaired) electrons. The van der Waals surface area contributed by atoms with Gasteiger partial charge < -0.3 is 9.32 Å². The Balaban J connectivity index is 2.43. The summed E-state index contributed by atoms with van der Waals surface area (Å²) in [6, 6.07) is 3.49. The Hall–Kier alpha value is -1.37. The zero-order valence-electron chi connectivity index (χ0n) is 13.4. The van der Waals surface area contributed by atoms with Crippen molar-refractivity contribution in [2.45, 2.75) is 33.7 Å². The average molecular weight is 296 g/mol. The van der Waals surface area contributed by atoms with Crippen LogP contribution in [0.4, 0.5) is 0 Å². The highest BCUT2D eigenvalue weighted by molar-refractivity contribution is 5.90. The molecule has 0 aromatic carbocycles. The van der Waals surface area contributed by atoms with Gasteiger partial charge in [-0.3, -0.25) is 15.1 Å². The fourth-order valence-electron chi connectivity index (χ4n) is 2.28. The second-order valence-electron chi connectivity index (χ2n) is 4.99. The van der Waals surface area contributed by atoms with Crippen LogP contribution in [-0.4, -0.2) is 48.4 Å². The number of amides is 1. The van der Waals surface area contributed by atoms with Crippen molar-refractivity contribution in [3.63, 3.8) is 0 Å². The van der Waals surface area contributed by atoms with Crippen molar-refractivity contribution in [1.29, 1.82) is 0 Å². The van der Waals surface area contributed by atoms with Gasteiger partial charge in [-0.15, -0.1) is 0 Å². The molecule has 1 amide bonds. The molecule has 0 bridgehead atoms. The van der Waals surface area contributed by atoms with Gasteiger partial charge in [-0.25, -0.2) is 5.84 Å². The van der Waals surface area contributed by atoms with Gasteiger partial charge in [-0.1, -0.05) is 20.8 Å². The number of hydrogen-bond donors (Lipinski definition) is 2. The molecule has 3 N–H and O–H groups in total. The standard InChI is InChI=1S/C15H28N4O2/c1-4-18(5-2)10-7-11-19(6-3)12-13-8-9-14(21-13)15(20)17-16/h8-9H,4-7,10-12,16H2,1-3H3,(H,17,20). The third-order valence-electron chi connectivity index (χ3n) is 3.69. The number of nitrogens with zero attached hydrogens (tertiary/aromatic N) is 2. The largest absolute Gasteiger partial charge is 0.455 e. The summed E-state index contributed by atoms with van der Waals surface area (Å²) < 4.78 is 5.49. The first kappa shape index (κ1) is 17.7. The molecule has 0 unspecified atom stereocenters. The quantitative estimate of drug-likeness (QED) is 0.388. The number of rotatable bonds is 10. The van der Waals surface area contributed by atoms with Gasteiger partial charge in [0.2, 0.25) is 0 Å². The van der Waals surface area contributed by atoms with Gasteiger partial charge >= 0.3 is 5.91 Å². The minimum absolute atomic E-state index is 0.256. The molecule has 6 heteroatoms. The minimum Gasteiger partial charge on any atom is -0.455 e. The normalized spacial score (nSPS) is 11.3. The second kappa shape index (κ2) is 9.55. The molecule has 21 heavy (non-hydrogen) atoms. The molecular formula is C15H28N4O2. The molecule has 0 fully saturated rings. The van der Waals surface area contributed by atoms with Gasteiger partial charge in [0.25, 0.3) is 0 Å². The Labute approximate surface area is 127 Å². The van der Waals surface area contributed by atoms with Crippen molar-refractivity contribution in [1.82, 2.24) is 15.2 Å². The van der Waals surface area contributed by atoms with E-state index >= 15 is 0 Å². The Bertz CT molecular complexity index is 416. The van der Waals surface area contributed by atoms with Crippen molar-refractivity contribution in [3.8, 4) is 0 Å². The maximum absolute atomic E-state index is 11.3. The van der Waals surface area contributed by atoms with Crippen molar-refractivity contribution in [2.75, 3.05) is 32.7 Å². The summed E-state index contributed by atoms with van der Waals surface area (Å²) in [7, 11) is 0. The molecular weight excluding hydrogens is 268 g/mol. The van der Waals surface area contributed by atoms with E-state index in [1.807, 2.05) is 6.07 Å². The summed E-state index contributed by atoms with van der Waals surface area (Å²) in [6.07, 6.45) is 1.13. The van der Waals surface area contributed by atoms with Gasteiger partial charge in [-0.2, -0.15) is 0 Å². The number of nitrogen functional groups attached to an aromatic ring is 1. The van der Waals surface area contributed by atoms with Crippen LogP contribution in [0.5, 0.6) is 0 Å². The van der Waals surface area contributed by atoms with E-state index in [4.69, 9.17) is 10.3 Å². The molecule has 1 heterocycles. The number of hydrogen-bond acceptors (Lipinski definition) is 5. The lowest BCUT2D eigenvalue weighted by atomic mass is 10.3. The maximum Gasteiger partial charge on any atom is 0.300 e. The molecule has 1 aromatic heterocycles.